The van der Waals surface area contributed by atoms with Gasteiger partial charge in [0.1, 0.15) is 0 Å². The molecule has 4 rings (SSSR count). The van der Waals surface area contributed by atoms with Gasteiger partial charge in [0, 0.05) is 19.5 Å². The van der Waals surface area contributed by atoms with Crippen LogP contribution < -0.4 is 10.9 Å². The summed E-state index contributed by atoms with van der Waals surface area (Å²) < 4.78 is 1.50. The highest BCUT2D eigenvalue weighted by Crippen LogP contribution is 2.15. The lowest BCUT2D eigenvalue weighted by atomic mass is 10.1. The summed E-state index contributed by atoms with van der Waals surface area (Å²) >= 11 is 0. The summed E-state index contributed by atoms with van der Waals surface area (Å²) in [6.07, 6.45) is 1.75. The molecule has 28 heavy (non-hydrogen) atoms. The summed E-state index contributed by atoms with van der Waals surface area (Å²) in [6.45, 7) is 2.70. The molecule has 4 aromatic rings. The molecule has 0 atom stereocenters. The maximum absolute atomic E-state index is 12.6. The molecule has 1 aromatic heterocycles. The van der Waals surface area contributed by atoms with Gasteiger partial charge in [-0.05, 0) is 41.0 Å². The van der Waals surface area contributed by atoms with Gasteiger partial charge in [-0.3, -0.25) is 14.2 Å². The van der Waals surface area contributed by atoms with E-state index in [2.05, 4.69) is 34.6 Å². The van der Waals surface area contributed by atoms with E-state index in [1.54, 1.807) is 6.07 Å². The molecule has 5 nitrogen and oxygen atoms in total. The second-order valence-electron chi connectivity index (χ2n) is 6.92. The Morgan fingerprint density at radius 3 is 2.71 bits per heavy atom. The van der Waals surface area contributed by atoms with E-state index in [-0.39, 0.29) is 17.9 Å². The molecule has 1 amide bonds. The Kier molecular flexibility index (Phi) is 4.89. The lowest BCUT2D eigenvalue weighted by Crippen LogP contribution is -2.27. The average Bonchev–Trinajstić information content (AvgIpc) is 2.72. The van der Waals surface area contributed by atoms with Crippen LogP contribution >= 0.6 is 0 Å². The Morgan fingerprint density at radius 1 is 1.04 bits per heavy atom. The standard InChI is InChI=1S/C23H21N3O2/c1-16-5-4-8-20-22(16)25-15-26(23(20)28)12-11-21(27)24-14-17-9-10-18-6-2-3-7-19(18)13-17/h2-10,13,15H,11-12,14H2,1H3,(H,24,27). The highest BCUT2D eigenvalue weighted by atomic mass is 16.1. The number of hydrogen-bond donors (Lipinski definition) is 1. The van der Waals surface area contributed by atoms with Crippen LogP contribution in [0.5, 0.6) is 0 Å². The Bertz CT molecular complexity index is 1230. The van der Waals surface area contributed by atoms with Crippen molar-refractivity contribution in [2.75, 3.05) is 0 Å². The molecule has 1 N–H and O–H groups in total. The smallest absolute Gasteiger partial charge is 0.261 e. The third kappa shape index (κ3) is 3.64. The number of fused-ring (bicyclic) bond motifs is 2. The van der Waals surface area contributed by atoms with Crippen LogP contribution in [0.4, 0.5) is 0 Å². The first-order chi connectivity index (χ1) is 13.6. The number of aryl methyl sites for hydroxylation is 2. The van der Waals surface area contributed by atoms with E-state index in [9.17, 15) is 9.59 Å². The number of benzene rings is 3. The van der Waals surface area contributed by atoms with Crippen molar-refractivity contribution in [2.45, 2.75) is 26.4 Å². The minimum Gasteiger partial charge on any atom is -0.352 e. The Balaban J connectivity index is 1.39. The molecule has 3 aromatic carbocycles. The molecule has 140 valence electrons. The van der Waals surface area contributed by atoms with Gasteiger partial charge < -0.3 is 5.32 Å². The highest BCUT2D eigenvalue weighted by Gasteiger charge is 2.08. The second kappa shape index (κ2) is 7.64. The zero-order chi connectivity index (χ0) is 19.5. The van der Waals surface area contributed by atoms with E-state index in [1.165, 1.54) is 16.3 Å². The first-order valence-corrected chi connectivity index (χ1v) is 9.31. The number of carbonyl (C=O) groups excluding carboxylic acids is 1. The summed E-state index contributed by atoms with van der Waals surface area (Å²) in [5, 5.41) is 5.84. The predicted molar refractivity (Wildman–Crippen MR) is 111 cm³/mol. The van der Waals surface area contributed by atoms with Gasteiger partial charge >= 0.3 is 0 Å². The lowest BCUT2D eigenvalue weighted by Gasteiger charge is -2.09. The summed E-state index contributed by atoms with van der Waals surface area (Å²) in [5.74, 6) is -0.0932. The summed E-state index contributed by atoms with van der Waals surface area (Å²) in [6, 6.07) is 19.8. The molecule has 0 saturated heterocycles. The molecular formula is C23H21N3O2. The van der Waals surface area contributed by atoms with Gasteiger partial charge in [-0.2, -0.15) is 0 Å². The highest BCUT2D eigenvalue weighted by molar-refractivity contribution is 5.83. The number of hydrogen-bond acceptors (Lipinski definition) is 3. The molecule has 0 radical (unpaired) electrons. The van der Waals surface area contributed by atoms with Crippen LogP contribution in [0, 0.1) is 6.92 Å². The predicted octanol–water partition coefficient (Wildman–Crippen LogP) is 3.56. The molecule has 0 aliphatic carbocycles. The van der Waals surface area contributed by atoms with Crippen LogP contribution in [0.15, 0.2) is 71.8 Å². The third-order valence-corrected chi connectivity index (χ3v) is 4.94. The normalized spacial score (nSPS) is 11.0. The van der Waals surface area contributed by atoms with Crippen molar-refractivity contribution in [1.82, 2.24) is 14.9 Å². The van der Waals surface area contributed by atoms with Crippen molar-refractivity contribution in [3.8, 4) is 0 Å². The van der Waals surface area contributed by atoms with E-state index < -0.39 is 0 Å². The SMILES string of the molecule is Cc1cccc2c(=O)n(CCC(=O)NCc3ccc4ccccc4c3)cnc12. The zero-order valence-electron chi connectivity index (χ0n) is 15.7. The van der Waals surface area contributed by atoms with Gasteiger partial charge in [-0.15, -0.1) is 0 Å². The molecule has 0 saturated carbocycles. The number of nitrogens with one attached hydrogen (secondary N) is 1. The largest absolute Gasteiger partial charge is 0.352 e. The van der Waals surface area contributed by atoms with Gasteiger partial charge in [0.05, 0.1) is 17.2 Å². The summed E-state index contributed by atoms with van der Waals surface area (Å²) in [4.78, 5) is 29.2. The fourth-order valence-corrected chi connectivity index (χ4v) is 3.36. The van der Waals surface area contributed by atoms with E-state index in [4.69, 9.17) is 0 Å². The van der Waals surface area contributed by atoms with Crippen molar-refractivity contribution in [3.05, 3.63) is 88.5 Å². The monoisotopic (exact) mass is 371 g/mol. The zero-order valence-corrected chi connectivity index (χ0v) is 15.7. The maximum Gasteiger partial charge on any atom is 0.261 e. The number of para-hydroxylation sites is 1. The minimum atomic E-state index is -0.115. The van der Waals surface area contributed by atoms with E-state index >= 15 is 0 Å². The molecule has 0 fully saturated rings. The van der Waals surface area contributed by atoms with Crippen molar-refractivity contribution >= 4 is 27.6 Å². The fraction of sp³-hybridized carbons (Fsp3) is 0.174. The molecule has 0 aliphatic heterocycles. The second-order valence-corrected chi connectivity index (χ2v) is 6.92. The molecule has 0 unspecified atom stereocenters. The van der Waals surface area contributed by atoms with Crippen LogP contribution in [0.1, 0.15) is 17.5 Å². The van der Waals surface area contributed by atoms with Gasteiger partial charge in [-0.25, -0.2) is 4.98 Å². The van der Waals surface area contributed by atoms with Crippen LogP contribution in [-0.4, -0.2) is 15.5 Å². The lowest BCUT2D eigenvalue weighted by molar-refractivity contribution is -0.121. The van der Waals surface area contributed by atoms with Crippen LogP contribution in [0.3, 0.4) is 0 Å². The Morgan fingerprint density at radius 2 is 1.86 bits per heavy atom. The quantitative estimate of drug-likeness (QED) is 0.583. The average molecular weight is 371 g/mol. The molecule has 0 spiro atoms. The van der Waals surface area contributed by atoms with Gasteiger partial charge in [0.2, 0.25) is 5.91 Å². The van der Waals surface area contributed by atoms with Gasteiger partial charge in [0.25, 0.3) is 5.56 Å². The fourth-order valence-electron chi connectivity index (χ4n) is 3.36. The summed E-state index contributed by atoms with van der Waals surface area (Å²) in [5.41, 5.74) is 2.61. The molecular weight excluding hydrogens is 350 g/mol. The number of carbonyl (C=O) groups is 1. The number of rotatable bonds is 5. The van der Waals surface area contributed by atoms with Crippen molar-refractivity contribution in [3.63, 3.8) is 0 Å². The Labute approximate surface area is 162 Å². The topological polar surface area (TPSA) is 64.0 Å². The van der Waals surface area contributed by atoms with Crippen LogP contribution in [0.2, 0.25) is 0 Å². The first kappa shape index (κ1) is 17.9. The maximum atomic E-state index is 12.6. The summed E-state index contributed by atoms with van der Waals surface area (Å²) in [7, 11) is 0. The molecule has 0 aliphatic rings. The molecule has 0 bridgehead atoms. The molecule has 5 heteroatoms. The third-order valence-electron chi connectivity index (χ3n) is 4.94. The van der Waals surface area contributed by atoms with Crippen LogP contribution in [0.25, 0.3) is 21.7 Å². The van der Waals surface area contributed by atoms with Gasteiger partial charge in [0.15, 0.2) is 0 Å². The number of nitrogens with zero attached hydrogens (tertiary/aromatic N) is 2. The Hall–Kier alpha value is -3.47. The van der Waals surface area contributed by atoms with Crippen molar-refractivity contribution in [2.24, 2.45) is 0 Å². The molecule has 1 heterocycles. The van der Waals surface area contributed by atoms with E-state index in [0.717, 1.165) is 16.5 Å². The van der Waals surface area contributed by atoms with Crippen molar-refractivity contribution < 1.29 is 4.79 Å². The minimum absolute atomic E-state index is 0.0932. The number of amides is 1. The van der Waals surface area contributed by atoms with Crippen molar-refractivity contribution in [1.29, 1.82) is 0 Å². The van der Waals surface area contributed by atoms with Crippen LogP contribution in [-0.2, 0) is 17.9 Å². The van der Waals surface area contributed by atoms with Gasteiger partial charge in [-0.1, -0.05) is 48.5 Å². The van der Waals surface area contributed by atoms with E-state index in [1.807, 2.05) is 37.3 Å². The van der Waals surface area contributed by atoms with E-state index in [0.29, 0.717) is 24.0 Å². The first-order valence-electron chi connectivity index (χ1n) is 9.31. The number of aromatic nitrogens is 2.